The van der Waals surface area contributed by atoms with Gasteiger partial charge in [-0.2, -0.15) is 0 Å². The summed E-state index contributed by atoms with van der Waals surface area (Å²) in [4.78, 5) is 11.1. The fourth-order valence-electron chi connectivity index (χ4n) is 0.704. The van der Waals surface area contributed by atoms with Crippen molar-refractivity contribution >= 4 is 5.78 Å². The van der Waals surface area contributed by atoms with E-state index in [0.717, 1.165) is 6.42 Å². The molecule has 0 bridgehead atoms. The van der Waals surface area contributed by atoms with E-state index in [4.69, 9.17) is 0 Å². The van der Waals surface area contributed by atoms with Crippen LogP contribution in [0, 0.1) is 5.92 Å². The van der Waals surface area contributed by atoms with Gasteiger partial charge in [0.1, 0.15) is 0 Å². The maximum absolute atomic E-state index is 12.9. The Kier molecular flexibility index (Phi) is 3.70. The summed E-state index contributed by atoms with van der Waals surface area (Å²) in [6.07, 6.45) is 1.29. The van der Waals surface area contributed by atoms with Crippen molar-refractivity contribution in [3.63, 3.8) is 0 Å². The second-order valence-electron chi connectivity index (χ2n) is 3.61. The minimum absolute atomic E-state index is 0.285. The van der Waals surface area contributed by atoms with Gasteiger partial charge in [0.05, 0.1) is 0 Å². The molecule has 0 amide bonds. The molecule has 1 nitrogen and oxygen atoms in total. The third-order valence-electron chi connectivity index (χ3n) is 1.89. The summed E-state index contributed by atoms with van der Waals surface area (Å²) in [6, 6.07) is 0. The molecular weight excluding hydrogens is 143 g/mol. The van der Waals surface area contributed by atoms with Crippen molar-refractivity contribution in [3.05, 3.63) is 0 Å². The molecule has 1 unspecified atom stereocenters. The van der Waals surface area contributed by atoms with Crippen LogP contribution in [0.5, 0.6) is 0 Å². The Morgan fingerprint density at radius 2 is 2.00 bits per heavy atom. The van der Waals surface area contributed by atoms with Gasteiger partial charge >= 0.3 is 0 Å². The van der Waals surface area contributed by atoms with E-state index >= 15 is 0 Å². The number of rotatable bonds is 4. The van der Waals surface area contributed by atoms with Crippen molar-refractivity contribution in [1.82, 2.24) is 0 Å². The zero-order valence-electron chi connectivity index (χ0n) is 7.78. The normalized spacial score (nSPS) is 14.6. The van der Waals surface area contributed by atoms with E-state index in [9.17, 15) is 9.18 Å². The Labute approximate surface area is 68.0 Å². The van der Waals surface area contributed by atoms with Gasteiger partial charge in [0.2, 0.25) is 0 Å². The fraction of sp³-hybridized carbons (Fsp3) is 0.889. The zero-order chi connectivity index (χ0) is 9.07. The summed E-state index contributed by atoms with van der Waals surface area (Å²) < 4.78 is 12.9. The third kappa shape index (κ3) is 4.12. The van der Waals surface area contributed by atoms with E-state index in [0.29, 0.717) is 12.3 Å². The lowest BCUT2D eigenvalue weighted by molar-refractivity contribution is -0.129. The second kappa shape index (κ2) is 3.84. The SMILES string of the molecule is CCC(C)CC(=O)C(C)(C)F. The average molecular weight is 160 g/mol. The van der Waals surface area contributed by atoms with Crippen LogP contribution in [0.2, 0.25) is 0 Å². The highest BCUT2D eigenvalue weighted by Crippen LogP contribution is 2.17. The Bertz CT molecular complexity index is 135. The van der Waals surface area contributed by atoms with E-state index in [1.165, 1.54) is 13.8 Å². The average Bonchev–Trinajstić information content (AvgIpc) is 1.85. The second-order valence-corrected chi connectivity index (χ2v) is 3.61. The predicted molar refractivity (Wildman–Crippen MR) is 44.3 cm³/mol. The summed E-state index contributed by atoms with van der Waals surface area (Å²) >= 11 is 0. The Hall–Kier alpha value is -0.400. The van der Waals surface area contributed by atoms with Crippen molar-refractivity contribution in [2.45, 2.75) is 46.2 Å². The molecule has 0 rings (SSSR count). The van der Waals surface area contributed by atoms with Gasteiger partial charge in [-0.15, -0.1) is 0 Å². The topological polar surface area (TPSA) is 17.1 Å². The minimum Gasteiger partial charge on any atom is -0.296 e. The minimum atomic E-state index is -1.65. The lowest BCUT2D eigenvalue weighted by atomic mass is 9.94. The van der Waals surface area contributed by atoms with Gasteiger partial charge in [-0.25, -0.2) is 4.39 Å². The van der Waals surface area contributed by atoms with Crippen LogP contribution in [0.25, 0.3) is 0 Å². The lowest BCUT2D eigenvalue weighted by Crippen LogP contribution is -2.27. The highest BCUT2D eigenvalue weighted by atomic mass is 19.1. The zero-order valence-corrected chi connectivity index (χ0v) is 7.78. The maximum Gasteiger partial charge on any atom is 0.169 e. The first-order chi connectivity index (χ1) is 4.88. The quantitative estimate of drug-likeness (QED) is 0.618. The lowest BCUT2D eigenvalue weighted by Gasteiger charge is -2.14. The Morgan fingerprint density at radius 3 is 2.27 bits per heavy atom. The summed E-state index contributed by atoms with van der Waals surface area (Å²) in [5, 5.41) is 0. The number of carbonyl (C=O) groups excluding carboxylic acids is 1. The van der Waals surface area contributed by atoms with E-state index in [1.54, 1.807) is 0 Å². The van der Waals surface area contributed by atoms with Crippen molar-refractivity contribution in [2.75, 3.05) is 0 Å². The fourth-order valence-corrected chi connectivity index (χ4v) is 0.704. The van der Waals surface area contributed by atoms with Gasteiger partial charge in [0.15, 0.2) is 11.5 Å². The molecular formula is C9H17FO. The van der Waals surface area contributed by atoms with Crippen LogP contribution in [0.15, 0.2) is 0 Å². The van der Waals surface area contributed by atoms with Crippen LogP contribution in [-0.4, -0.2) is 11.5 Å². The van der Waals surface area contributed by atoms with Crippen molar-refractivity contribution in [2.24, 2.45) is 5.92 Å². The first-order valence-electron chi connectivity index (χ1n) is 4.10. The Balaban J connectivity index is 3.88. The number of halogens is 1. The van der Waals surface area contributed by atoms with Gasteiger partial charge in [-0.05, 0) is 19.8 Å². The molecule has 0 fully saturated rings. The number of hydrogen-bond acceptors (Lipinski definition) is 1. The number of ketones is 1. The van der Waals surface area contributed by atoms with Crippen LogP contribution in [-0.2, 0) is 4.79 Å². The van der Waals surface area contributed by atoms with Crippen LogP contribution < -0.4 is 0 Å². The van der Waals surface area contributed by atoms with E-state index in [1.807, 2.05) is 13.8 Å². The molecule has 0 aliphatic rings. The van der Waals surface area contributed by atoms with Gasteiger partial charge < -0.3 is 0 Å². The van der Waals surface area contributed by atoms with Gasteiger partial charge in [0, 0.05) is 6.42 Å². The standard InChI is InChI=1S/C9H17FO/c1-5-7(2)6-8(11)9(3,4)10/h7H,5-6H2,1-4H3. The highest BCUT2D eigenvalue weighted by Gasteiger charge is 2.26. The van der Waals surface area contributed by atoms with Gasteiger partial charge in [-0.3, -0.25) is 4.79 Å². The number of Topliss-reactive ketones (excluding diaryl/α,β-unsaturated/α-hetero) is 1. The van der Waals surface area contributed by atoms with Crippen LogP contribution in [0.4, 0.5) is 4.39 Å². The highest BCUT2D eigenvalue weighted by molar-refractivity contribution is 5.86. The van der Waals surface area contributed by atoms with Gasteiger partial charge in [-0.1, -0.05) is 20.3 Å². The largest absolute Gasteiger partial charge is 0.296 e. The molecule has 0 aromatic rings. The predicted octanol–water partition coefficient (Wildman–Crippen LogP) is 2.74. The molecule has 1 atom stereocenters. The summed E-state index contributed by atoms with van der Waals surface area (Å²) in [7, 11) is 0. The molecule has 0 spiro atoms. The van der Waals surface area contributed by atoms with E-state index < -0.39 is 5.67 Å². The van der Waals surface area contributed by atoms with Gasteiger partial charge in [0.25, 0.3) is 0 Å². The molecule has 0 aliphatic heterocycles. The molecule has 0 aromatic heterocycles. The number of carbonyl (C=O) groups is 1. The molecule has 0 N–H and O–H groups in total. The number of hydrogen-bond donors (Lipinski definition) is 0. The van der Waals surface area contributed by atoms with E-state index in [-0.39, 0.29) is 5.78 Å². The smallest absolute Gasteiger partial charge is 0.169 e. The molecule has 66 valence electrons. The summed E-state index contributed by atoms with van der Waals surface area (Å²) in [5.41, 5.74) is -1.65. The monoisotopic (exact) mass is 160 g/mol. The maximum atomic E-state index is 12.9. The molecule has 0 saturated carbocycles. The third-order valence-corrected chi connectivity index (χ3v) is 1.89. The van der Waals surface area contributed by atoms with E-state index in [2.05, 4.69) is 0 Å². The molecule has 0 aliphatic carbocycles. The van der Waals surface area contributed by atoms with Crippen LogP contribution in [0.1, 0.15) is 40.5 Å². The summed E-state index contributed by atoms with van der Waals surface area (Å²) in [5.74, 6) is 0.0179. The van der Waals surface area contributed by atoms with Crippen molar-refractivity contribution in [1.29, 1.82) is 0 Å². The first-order valence-corrected chi connectivity index (χ1v) is 4.10. The molecule has 0 heterocycles. The summed E-state index contributed by atoms with van der Waals surface area (Å²) in [6.45, 7) is 6.60. The molecule has 0 radical (unpaired) electrons. The molecule has 0 aromatic carbocycles. The van der Waals surface area contributed by atoms with Crippen molar-refractivity contribution in [3.8, 4) is 0 Å². The molecule has 11 heavy (non-hydrogen) atoms. The molecule has 0 saturated heterocycles. The van der Waals surface area contributed by atoms with Crippen LogP contribution >= 0.6 is 0 Å². The first kappa shape index (κ1) is 10.6. The van der Waals surface area contributed by atoms with Crippen molar-refractivity contribution < 1.29 is 9.18 Å². The Morgan fingerprint density at radius 1 is 1.55 bits per heavy atom. The van der Waals surface area contributed by atoms with Crippen LogP contribution in [0.3, 0.4) is 0 Å². The number of alkyl halides is 1. The molecule has 2 heteroatoms.